The molecular formula is C13H10N2OS. The highest BCUT2D eigenvalue weighted by Gasteiger charge is 2.17. The first kappa shape index (κ1) is 10.2. The number of ketones is 1. The Morgan fingerprint density at radius 2 is 2.24 bits per heavy atom. The molecule has 0 atom stereocenters. The lowest BCUT2D eigenvalue weighted by Crippen LogP contribution is -1.99. The van der Waals surface area contributed by atoms with Crippen LogP contribution in [0.4, 0.5) is 0 Å². The minimum atomic E-state index is 0.0544. The van der Waals surface area contributed by atoms with Crippen molar-refractivity contribution in [2.75, 3.05) is 0 Å². The number of carbonyl (C=O) groups is 1. The average molecular weight is 242 g/mol. The van der Waals surface area contributed by atoms with Crippen molar-refractivity contribution in [3.05, 3.63) is 58.0 Å². The molecule has 3 aromatic heterocycles. The molecule has 3 heterocycles. The van der Waals surface area contributed by atoms with Gasteiger partial charge in [-0.25, -0.2) is 4.52 Å². The van der Waals surface area contributed by atoms with Crippen molar-refractivity contribution in [3.8, 4) is 0 Å². The molecule has 0 amide bonds. The molecule has 0 aliphatic heterocycles. The normalized spacial score (nSPS) is 10.9. The van der Waals surface area contributed by atoms with Crippen LogP contribution in [0.25, 0.3) is 5.52 Å². The highest BCUT2D eigenvalue weighted by molar-refractivity contribution is 7.12. The number of rotatable bonds is 2. The number of aryl methyl sites for hydroxylation is 1. The van der Waals surface area contributed by atoms with Crippen molar-refractivity contribution < 1.29 is 4.79 Å². The van der Waals surface area contributed by atoms with Gasteiger partial charge in [-0.2, -0.15) is 5.10 Å². The summed E-state index contributed by atoms with van der Waals surface area (Å²) in [6, 6.07) is 7.67. The van der Waals surface area contributed by atoms with E-state index < -0.39 is 0 Å². The second kappa shape index (κ2) is 3.82. The molecule has 0 aliphatic rings. The molecule has 0 saturated heterocycles. The van der Waals surface area contributed by atoms with Gasteiger partial charge in [0.05, 0.1) is 22.2 Å². The number of fused-ring (bicyclic) bond motifs is 1. The molecule has 3 aromatic rings. The van der Waals surface area contributed by atoms with E-state index in [1.54, 1.807) is 10.7 Å². The number of hydrogen-bond acceptors (Lipinski definition) is 3. The van der Waals surface area contributed by atoms with E-state index in [1.165, 1.54) is 11.3 Å². The predicted molar refractivity (Wildman–Crippen MR) is 67.7 cm³/mol. The van der Waals surface area contributed by atoms with Gasteiger partial charge >= 0.3 is 0 Å². The zero-order valence-electron chi connectivity index (χ0n) is 9.25. The Labute approximate surface area is 102 Å². The second-order valence-corrected chi connectivity index (χ2v) is 4.77. The third-order valence-corrected chi connectivity index (χ3v) is 3.75. The minimum absolute atomic E-state index is 0.0544. The second-order valence-electron chi connectivity index (χ2n) is 3.85. The highest BCUT2D eigenvalue weighted by Crippen LogP contribution is 2.22. The van der Waals surface area contributed by atoms with Gasteiger partial charge in [0.15, 0.2) is 0 Å². The molecule has 0 fully saturated rings. The van der Waals surface area contributed by atoms with Gasteiger partial charge in [-0.15, -0.1) is 11.3 Å². The summed E-state index contributed by atoms with van der Waals surface area (Å²) in [6.07, 6.45) is 3.48. The van der Waals surface area contributed by atoms with Crippen molar-refractivity contribution in [3.63, 3.8) is 0 Å². The average Bonchev–Trinajstić information content (AvgIpc) is 2.94. The van der Waals surface area contributed by atoms with E-state index in [4.69, 9.17) is 0 Å². The van der Waals surface area contributed by atoms with Crippen molar-refractivity contribution >= 4 is 22.6 Å². The summed E-state index contributed by atoms with van der Waals surface area (Å²) in [6.45, 7) is 1.95. The van der Waals surface area contributed by atoms with E-state index in [1.807, 2.05) is 42.8 Å². The summed E-state index contributed by atoms with van der Waals surface area (Å²) >= 11 is 1.48. The largest absolute Gasteiger partial charge is 0.288 e. The highest BCUT2D eigenvalue weighted by atomic mass is 32.1. The van der Waals surface area contributed by atoms with E-state index in [0.29, 0.717) is 5.56 Å². The van der Waals surface area contributed by atoms with E-state index in [9.17, 15) is 4.79 Å². The van der Waals surface area contributed by atoms with Crippen molar-refractivity contribution in [1.82, 2.24) is 9.61 Å². The van der Waals surface area contributed by atoms with Crippen LogP contribution >= 0.6 is 11.3 Å². The quantitative estimate of drug-likeness (QED) is 0.647. The number of thiophene rings is 1. The summed E-state index contributed by atoms with van der Waals surface area (Å²) in [5.74, 6) is 0.0544. The maximum absolute atomic E-state index is 12.4. The third kappa shape index (κ3) is 1.57. The Morgan fingerprint density at radius 1 is 1.35 bits per heavy atom. The van der Waals surface area contributed by atoms with Crippen LogP contribution in [0.3, 0.4) is 0 Å². The van der Waals surface area contributed by atoms with Crippen LogP contribution in [0.15, 0.2) is 42.0 Å². The molecule has 0 bridgehead atoms. The maximum Gasteiger partial charge on any atom is 0.207 e. The summed E-state index contributed by atoms with van der Waals surface area (Å²) < 4.78 is 1.72. The summed E-state index contributed by atoms with van der Waals surface area (Å²) in [5.41, 5.74) is 2.54. The molecule has 84 valence electrons. The zero-order valence-corrected chi connectivity index (χ0v) is 10.1. The molecule has 0 spiro atoms. The van der Waals surface area contributed by atoms with Gasteiger partial charge in [0.1, 0.15) is 0 Å². The Kier molecular flexibility index (Phi) is 2.30. The fourth-order valence-electron chi connectivity index (χ4n) is 1.84. The minimum Gasteiger partial charge on any atom is -0.288 e. The van der Waals surface area contributed by atoms with Crippen molar-refractivity contribution in [2.45, 2.75) is 6.92 Å². The smallest absolute Gasteiger partial charge is 0.207 e. The van der Waals surface area contributed by atoms with E-state index >= 15 is 0 Å². The lowest BCUT2D eigenvalue weighted by Gasteiger charge is -1.97. The van der Waals surface area contributed by atoms with Crippen LogP contribution < -0.4 is 0 Å². The van der Waals surface area contributed by atoms with Crippen LogP contribution in [-0.4, -0.2) is 15.4 Å². The Morgan fingerprint density at radius 3 is 3.00 bits per heavy atom. The molecule has 0 radical (unpaired) electrons. The molecule has 0 N–H and O–H groups in total. The van der Waals surface area contributed by atoms with Gasteiger partial charge in [-0.3, -0.25) is 4.79 Å². The van der Waals surface area contributed by atoms with Crippen LogP contribution in [-0.2, 0) is 0 Å². The lowest BCUT2D eigenvalue weighted by atomic mass is 10.1. The molecule has 0 unspecified atom stereocenters. The molecule has 17 heavy (non-hydrogen) atoms. The van der Waals surface area contributed by atoms with Gasteiger partial charge in [0, 0.05) is 6.20 Å². The van der Waals surface area contributed by atoms with Gasteiger partial charge < -0.3 is 0 Å². The fourth-order valence-corrected chi connectivity index (χ4v) is 2.72. The summed E-state index contributed by atoms with van der Waals surface area (Å²) in [4.78, 5) is 13.2. The molecular weight excluding hydrogens is 232 g/mol. The van der Waals surface area contributed by atoms with Crippen LogP contribution in [0.1, 0.15) is 20.8 Å². The lowest BCUT2D eigenvalue weighted by molar-refractivity contribution is 0.104. The first-order valence-electron chi connectivity index (χ1n) is 5.28. The van der Waals surface area contributed by atoms with Crippen LogP contribution in [0.5, 0.6) is 0 Å². The monoisotopic (exact) mass is 242 g/mol. The summed E-state index contributed by atoms with van der Waals surface area (Å²) in [5, 5.41) is 6.12. The Hall–Kier alpha value is -1.94. The van der Waals surface area contributed by atoms with Gasteiger partial charge in [-0.1, -0.05) is 6.07 Å². The SMILES string of the molecule is Cc1ccsc1C(=O)c1cnn2ccccc12. The van der Waals surface area contributed by atoms with Gasteiger partial charge in [-0.05, 0) is 36.1 Å². The van der Waals surface area contributed by atoms with Crippen molar-refractivity contribution in [2.24, 2.45) is 0 Å². The Balaban J connectivity index is 2.17. The third-order valence-electron chi connectivity index (χ3n) is 2.74. The molecule has 3 nitrogen and oxygen atoms in total. The van der Waals surface area contributed by atoms with E-state index in [-0.39, 0.29) is 5.78 Å². The predicted octanol–water partition coefficient (Wildman–Crippen LogP) is 2.94. The molecule has 0 aromatic carbocycles. The topological polar surface area (TPSA) is 34.4 Å². The molecule has 4 heteroatoms. The maximum atomic E-state index is 12.4. The molecule has 0 saturated carbocycles. The first-order valence-corrected chi connectivity index (χ1v) is 6.16. The first-order chi connectivity index (χ1) is 8.27. The number of pyridine rings is 1. The van der Waals surface area contributed by atoms with Crippen molar-refractivity contribution in [1.29, 1.82) is 0 Å². The number of hydrogen-bond donors (Lipinski definition) is 0. The standard InChI is InChI=1S/C13H10N2OS/c1-9-5-7-17-13(9)12(16)10-8-14-15-6-3-2-4-11(10)15/h2-8H,1H3. The van der Waals surface area contributed by atoms with Gasteiger partial charge in [0.2, 0.25) is 5.78 Å². The number of aromatic nitrogens is 2. The molecule has 0 aliphatic carbocycles. The van der Waals surface area contributed by atoms with Gasteiger partial charge in [0.25, 0.3) is 0 Å². The Bertz CT molecular complexity index is 696. The van der Waals surface area contributed by atoms with E-state index in [2.05, 4.69) is 5.10 Å². The van der Waals surface area contributed by atoms with Crippen LogP contribution in [0.2, 0.25) is 0 Å². The van der Waals surface area contributed by atoms with Crippen LogP contribution in [0, 0.1) is 6.92 Å². The fraction of sp³-hybridized carbons (Fsp3) is 0.0769. The number of nitrogens with zero attached hydrogens (tertiary/aromatic N) is 2. The summed E-state index contributed by atoms with van der Waals surface area (Å²) in [7, 11) is 0. The zero-order chi connectivity index (χ0) is 11.8. The number of carbonyl (C=O) groups excluding carboxylic acids is 1. The molecule has 3 rings (SSSR count). The van der Waals surface area contributed by atoms with E-state index in [0.717, 1.165) is 16.0 Å².